The molecule has 0 aliphatic carbocycles. The standard InChI is InChI=1S/C24H26FN5O2/c1-13-5-3-6-14-11-27-24(31)19-20(14)30-21(15-9-10-26-12-18(15)28-13)22(19)29-17-8-4-7-16(25)23(17)32-2/h4,7-10,12-14,28-30H,3,5-6,11H2,1-2H3,(H,27,31). The lowest BCUT2D eigenvalue weighted by Crippen LogP contribution is -2.35. The predicted molar refractivity (Wildman–Crippen MR) is 122 cm³/mol. The predicted octanol–water partition coefficient (Wildman–Crippen LogP) is 4.78. The van der Waals surface area contributed by atoms with Crippen molar-refractivity contribution in [2.24, 2.45) is 0 Å². The Morgan fingerprint density at radius 3 is 2.97 bits per heavy atom. The lowest BCUT2D eigenvalue weighted by molar-refractivity contribution is 0.0939. The zero-order valence-corrected chi connectivity index (χ0v) is 18.1. The van der Waals surface area contributed by atoms with Crippen LogP contribution in [-0.4, -0.2) is 35.6 Å². The third-order valence-corrected chi connectivity index (χ3v) is 6.29. The van der Waals surface area contributed by atoms with E-state index in [0.717, 1.165) is 41.9 Å². The monoisotopic (exact) mass is 435 g/mol. The van der Waals surface area contributed by atoms with E-state index in [2.05, 4.69) is 32.8 Å². The van der Waals surface area contributed by atoms with Crippen molar-refractivity contribution in [1.29, 1.82) is 0 Å². The number of halogens is 1. The Kier molecular flexibility index (Phi) is 5.20. The smallest absolute Gasteiger partial charge is 0.255 e. The van der Waals surface area contributed by atoms with Crippen molar-refractivity contribution in [1.82, 2.24) is 15.3 Å². The molecule has 0 radical (unpaired) electrons. The summed E-state index contributed by atoms with van der Waals surface area (Å²) >= 11 is 0. The molecule has 0 saturated carbocycles. The van der Waals surface area contributed by atoms with Gasteiger partial charge in [-0.25, -0.2) is 4.39 Å². The summed E-state index contributed by atoms with van der Waals surface area (Å²) in [7, 11) is 1.43. The highest BCUT2D eigenvalue weighted by Gasteiger charge is 2.34. The second-order valence-corrected chi connectivity index (χ2v) is 8.41. The second-order valence-electron chi connectivity index (χ2n) is 8.41. The summed E-state index contributed by atoms with van der Waals surface area (Å²) in [6.45, 7) is 2.76. The quantitative estimate of drug-likeness (QED) is 0.475. The van der Waals surface area contributed by atoms with Crippen LogP contribution in [0, 0.1) is 5.82 Å². The van der Waals surface area contributed by atoms with E-state index in [4.69, 9.17) is 4.74 Å². The van der Waals surface area contributed by atoms with Crippen LogP contribution < -0.4 is 20.7 Å². The Balaban J connectivity index is 1.74. The number of aromatic nitrogens is 2. The molecule has 1 amide bonds. The lowest BCUT2D eigenvalue weighted by atomic mass is 9.90. The van der Waals surface area contributed by atoms with Crippen LogP contribution in [0.15, 0.2) is 36.7 Å². The summed E-state index contributed by atoms with van der Waals surface area (Å²) in [5.41, 5.74) is 5.09. The van der Waals surface area contributed by atoms with Gasteiger partial charge in [0.15, 0.2) is 11.6 Å². The number of amides is 1. The number of benzene rings is 1. The van der Waals surface area contributed by atoms with Crippen molar-refractivity contribution >= 4 is 23.0 Å². The molecule has 4 heterocycles. The molecule has 2 aliphatic rings. The summed E-state index contributed by atoms with van der Waals surface area (Å²) in [5, 5.41) is 9.91. The Morgan fingerprint density at radius 1 is 1.25 bits per heavy atom. The largest absolute Gasteiger partial charge is 0.492 e. The SMILES string of the molecule is COc1c(F)cccc1Nc1c2[nH]c3c1C(=O)NCC3CCCC(C)Nc1cnccc1-2. The summed E-state index contributed by atoms with van der Waals surface area (Å²) < 4.78 is 19.7. The van der Waals surface area contributed by atoms with Gasteiger partial charge in [0.05, 0.1) is 41.6 Å². The molecule has 32 heavy (non-hydrogen) atoms. The third-order valence-electron chi connectivity index (χ3n) is 6.29. The minimum atomic E-state index is -0.472. The number of carbonyl (C=O) groups excluding carboxylic acids is 1. The number of nitrogens with zero attached hydrogens (tertiary/aromatic N) is 1. The molecular weight excluding hydrogens is 409 g/mol. The molecule has 2 aliphatic heterocycles. The summed E-state index contributed by atoms with van der Waals surface area (Å²) in [5.74, 6) is -0.336. The van der Waals surface area contributed by atoms with Gasteiger partial charge in [-0.05, 0) is 38.0 Å². The van der Waals surface area contributed by atoms with Gasteiger partial charge >= 0.3 is 0 Å². The van der Waals surface area contributed by atoms with Crippen LogP contribution in [0.25, 0.3) is 11.3 Å². The van der Waals surface area contributed by atoms with Crippen LogP contribution in [0.1, 0.15) is 48.2 Å². The van der Waals surface area contributed by atoms with Crippen LogP contribution in [-0.2, 0) is 0 Å². The number of ether oxygens (including phenoxy) is 1. The van der Waals surface area contributed by atoms with Crippen molar-refractivity contribution in [3.05, 3.63) is 53.7 Å². The maximum Gasteiger partial charge on any atom is 0.255 e. The molecule has 166 valence electrons. The van der Waals surface area contributed by atoms with Crippen LogP contribution in [0.4, 0.5) is 21.5 Å². The molecule has 7 nitrogen and oxygen atoms in total. The normalized spacial score (nSPS) is 19.8. The zero-order valence-electron chi connectivity index (χ0n) is 18.1. The van der Waals surface area contributed by atoms with E-state index >= 15 is 0 Å². The van der Waals surface area contributed by atoms with Crippen molar-refractivity contribution in [2.75, 3.05) is 24.3 Å². The van der Waals surface area contributed by atoms with Gasteiger partial charge in [0.1, 0.15) is 0 Å². The first-order valence-corrected chi connectivity index (χ1v) is 10.9. The number of fused-ring (bicyclic) bond motifs is 3. The van der Waals surface area contributed by atoms with Gasteiger partial charge in [-0.3, -0.25) is 9.78 Å². The molecule has 3 aromatic rings. The van der Waals surface area contributed by atoms with E-state index in [9.17, 15) is 9.18 Å². The number of para-hydroxylation sites is 1. The Bertz CT molecular complexity index is 1180. The fourth-order valence-electron chi connectivity index (χ4n) is 4.73. The first-order valence-electron chi connectivity index (χ1n) is 10.9. The number of aromatic amines is 1. The Labute approximate surface area is 185 Å². The number of hydrogen-bond acceptors (Lipinski definition) is 5. The molecule has 1 aromatic carbocycles. The number of rotatable bonds is 3. The topological polar surface area (TPSA) is 91.1 Å². The average Bonchev–Trinajstić information content (AvgIpc) is 3.14. The molecule has 5 rings (SSSR count). The highest BCUT2D eigenvalue weighted by Crippen LogP contribution is 2.44. The number of pyridine rings is 1. The number of methoxy groups -OCH3 is 1. The van der Waals surface area contributed by atoms with E-state index in [1.807, 2.05) is 6.07 Å². The molecule has 2 aromatic heterocycles. The van der Waals surface area contributed by atoms with E-state index in [1.54, 1.807) is 24.5 Å². The van der Waals surface area contributed by atoms with Gasteiger partial charge in [0.2, 0.25) is 0 Å². The number of H-pyrrole nitrogens is 1. The molecule has 2 atom stereocenters. The average molecular weight is 436 g/mol. The number of carbonyl (C=O) groups is 1. The molecule has 2 bridgehead atoms. The number of anilines is 3. The highest BCUT2D eigenvalue weighted by atomic mass is 19.1. The zero-order chi connectivity index (χ0) is 22.2. The van der Waals surface area contributed by atoms with Crippen LogP contribution in [0.2, 0.25) is 0 Å². The van der Waals surface area contributed by atoms with Crippen molar-refractivity contribution < 1.29 is 13.9 Å². The Morgan fingerprint density at radius 2 is 2.12 bits per heavy atom. The molecular formula is C24H26FN5O2. The van der Waals surface area contributed by atoms with Crippen molar-refractivity contribution in [3.63, 3.8) is 0 Å². The molecule has 0 fully saturated rings. The van der Waals surface area contributed by atoms with E-state index in [1.165, 1.54) is 13.2 Å². The highest BCUT2D eigenvalue weighted by molar-refractivity contribution is 6.07. The molecule has 0 spiro atoms. The third kappa shape index (κ3) is 3.45. The summed E-state index contributed by atoms with van der Waals surface area (Å²) in [6, 6.07) is 6.90. The van der Waals surface area contributed by atoms with E-state index < -0.39 is 5.82 Å². The molecule has 2 unspecified atom stereocenters. The molecule has 0 saturated heterocycles. The minimum Gasteiger partial charge on any atom is -0.492 e. The Hall–Kier alpha value is -3.55. The van der Waals surface area contributed by atoms with Crippen LogP contribution in [0.5, 0.6) is 5.75 Å². The second kappa shape index (κ2) is 8.18. The van der Waals surface area contributed by atoms with Crippen molar-refractivity contribution in [2.45, 2.75) is 38.1 Å². The number of nitrogens with one attached hydrogen (secondary N) is 4. The van der Waals surface area contributed by atoms with Gasteiger partial charge in [-0.1, -0.05) is 12.5 Å². The molecule has 4 N–H and O–H groups in total. The van der Waals surface area contributed by atoms with Gasteiger partial charge in [0, 0.05) is 36.0 Å². The number of hydrogen-bond donors (Lipinski definition) is 4. The van der Waals surface area contributed by atoms with Gasteiger partial charge in [0.25, 0.3) is 5.91 Å². The van der Waals surface area contributed by atoms with Crippen molar-refractivity contribution in [3.8, 4) is 17.0 Å². The van der Waals surface area contributed by atoms with E-state index in [-0.39, 0.29) is 23.6 Å². The van der Waals surface area contributed by atoms with Crippen LogP contribution in [0.3, 0.4) is 0 Å². The first-order chi connectivity index (χ1) is 15.6. The lowest BCUT2D eigenvalue weighted by Gasteiger charge is -2.25. The summed E-state index contributed by atoms with van der Waals surface area (Å²) in [4.78, 5) is 20.9. The van der Waals surface area contributed by atoms with Gasteiger partial charge in [-0.2, -0.15) is 0 Å². The first kappa shape index (κ1) is 20.4. The van der Waals surface area contributed by atoms with Gasteiger partial charge in [-0.15, -0.1) is 0 Å². The maximum absolute atomic E-state index is 14.4. The fraction of sp³-hybridized carbons (Fsp3) is 0.333. The maximum atomic E-state index is 14.4. The van der Waals surface area contributed by atoms with Gasteiger partial charge < -0.3 is 25.7 Å². The summed E-state index contributed by atoms with van der Waals surface area (Å²) in [6.07, 6.45) is 6.53. The minimum absolute atomic E-state index is 0.101. The fourth-order valence-corrected chi connectivity index (χ4v) is 4.73. The van der Waals surface area contributed by atoms with E-state index in [0.29, 0.717) is 23.5 Å². The molecule has 8 heteroatoms. The van der Waals surface area contributed by atoms with Crippen LogP contribution >= 0.6 is 0 Å².